The molecule has 0 unspecified atom stereocenters. The normalized spacial score (nSPS) is 14.7. The molecule has 1 amide bonds. The number of benzene rings is 1. The van der Waals surface area contributed by atoms with E-state index in [1.54, 1.807) is 18.6 Å². The summed E-state index contributed by atoms with van der Waals surface area (Å²) in [4.78, 5) is 16.8. The molecule has 1 fully saturated rings. The van der Waals surface area contributed by atoms with E-state index in [0.717, 1.165) is 10.6 Å². The summed E-state index contributed by atoms with van der Waals surface area (Å²) < 4.78 is 16.2. The van der Waals surface area contributed by atoms with Crippen LogP contribution >= 0.6 is 11.3 Å². The maximum atomic E-state index is 12.3. The largest absolute Gasteiger partial charge is 0.493 e. The minimum Gasteiger partial charge on any atom is -0.493 e. The van der Waals surface area contributed by atoms with Gasteiger partial charge in [0.15, 0.2) is 11.5 Å². The quantitative estimate of drug-likeness (QED) is 0.749. The standard InChI is InChI=1S/C18H21N3O4S/c1-3-8-25-15-5-4-13(11-16(15)23-2)18-19-14(12-26-18)17(22)20-21-6-9-24-10-7-21/h3-5,11-12H,1,6-10H2,2H3,(H,20,22). The number of methoxy groups -OCH3 is 1. The predicted molar refractivity (Wildman–Crippen MR) is 99.7 cm³/mol. The van der Waals surface area contributed by atoms with Crippen molar-refractivity contribution < 1.29 is 19.0 Å². The van der Waals surface area contributed by atoms with Crippen LogP contribution in [0.25, 0.3) is 10.6 Å². The number of nitrogens with one attached hydrogen (secondary N) is 1. The van der Waals surface area contributed by atoms with Gasteiger partial charge in [-0.05, 0) is 18.2 Å². The maximum absolute atomic E-state index is 12.3. The van der Waals surface area contributed by atoms with Gasteiger partial charge in [-0.2, -0.15) is 0 Å². The summed E-state index contributed by atoms with van der Waals surface area (Å²) in [5.41, 5.74) is 4.11. The Hall–Kier alpha value is -2.42. The topological polar surface area (TPSA) is 72.9 Å². The first-order valence-electron chi connectivity index (χ1n) is 8.22. The Morgan fingerprint density at radius 3 is 2.96 bits per heavy atom. The van der Waals surface area contributed by atoms with Gasteiger partial charge in [0.25, 0.3) is 5.91 Å². The molecule has 1 aromatic heterocycles. The molecule has 7 nitrogen and oxygen atoms in total. The van der Waals surface area contributed by atoms with E-state index in [0.29, 0.717) is 50.1 Å². The van der Waals surface area contributed by atoms with Crippen molar-refractivity contribution in [1.29, 1.82) is 0 Å². The summed E-state index contributed by atoms with van der Waals surface area (Å²) in [6, 6.07) is 5.57. The van der Waals surface area contributed by atoms with Gasteiger partial charge in [0, 0.05) is 24.0 Å². The molecule has 2 aromatic rings. The molecule has 0 saturated carbocycles. The molecule has 8 heteroatoms. The van der Waals surface area contributed by atoms with E-state index in [4.69, 9.17) is 14.2 Å². The molecule has 0 atom stereocenters. The number of aromatic nitrogens is 1. The molecule has 2 heterocycles. The number of hydrogen-bond acceptors (Lipinski definition) is 7. The summed E-state index contributed by atoms with van der Waals surface area (Å²) in [6.45, 7) is 6.61. The summed E-state index contributed by atoms with van der Waals surface area (Å²) in [5.74, 6) is 1.03. The average Bonchev–Trinajstić information content (AvgIpc) is 3.17. The van der Waals surface area contributed by atoms with Gasteiger partial charge in [0.05, 0.1) is 20.3 Å². The Labute approximate surface area is 156 Å². The number of ether oxygens (including phenoxy) is 3. The van der Waals surface area contributed by atoms with Gasteiger partial charge in [-0.15, -0.1) is 11.3 Å². The molecule has 0 radical (unpaired) electrons. The second-order valence-electron chi connectivity index (χ2n) is 5.54. The second-order valence-corrected chi connectivity index (χ2v) is 6.40. The predicted octanol–water partition coefficient (Wildman–Crippen LogP) is 2.36. The molecule has 0 aliphatic carbocycles. The third-order valence-corrected chi connectivity index (χ3v) is 4.67. The van der Waals surface area contributed by atoms with Gasteiger partial charge >= 0.3 is 0 Å². The molecular weight excluding hydrogens is 354 g/mol. The monoisotopic (exact) mass is 375 g/mol. The highest BCUT2D eigenvalue weighted by molar-refractivity contribution is 7.13. The Morgan fingerprint density at radius 1 is 1.42 bits per heavy atom. The van der Waals surface area contributed by atoms with Crippen molar-refractivity contribution in [3.8, 4) is 22.1 Å². The number of rotatable bonds is 7. The lowest BCUT2D eigenvalue weighted by Gasteiger charge is -2.26. The Morgan fingerprint density at radius 2 is 2.23 bits per heavy atom. The lowest BCUT2D eigenvalue weighted by atomic mass is 10.2. The first-order valence-corrected chi connectivity index (χ1v) is 9.10. The van der Waals surface area contributed by atoms with E-state index in [2.05, 4.69) is 17.0 Å². The number of hydrazine groups is 1. The number of thiazole rings is 1. The highest BCUT2D eigenvalue weighted by Crippen LogP contribution is 2.33. The molecule has 0 spiro atoms. The molecular formula is C18H21N3O4S. The summed E-state index contributed by atoms with van der Waals surface area (Å²) in [5, 5.41) is 4.34. The van der Waals surface area contributed by atoms with Gasteiger partial charge in [-0.25, -0.2) is 9.99 Å². The Kier molecular flexibility index (Phi) is 6.21. The number of carbonyl (C=O) groups excluding carboxylic acids is 1. The van der Waals surface area contributed by atoms with Crippen molar-refractivity contribution >= 4 is 17.2 Å². The van der Waals surface area contributed by atoms with Gasteiger partial charge < -0.3 is 14.2 Å². The van der Waals surface area contributed by atoms with E-state index >= 15 is 0 Å². The van der Waals surface area contributed by atoms with Crippen LogP contribution < -0.4 is 14.9 Å². The van der Waals surface area contributed by atoms with Crippen LogP contribution in [0.4, 0.5) is 0 Å². The summed E-state index contributed by atoms with van der Waals surface area (Å²) in [7, 11) is 1.59. The van der Waals surface area contributed by atoms with Crippen LogP contribution in [-0.4, -0.2) is 55.9 Å². The fourth-order valence-electron chi connectivity index (χ4n) is 2.46. The summed E-state index contributed by atoms with van der Waals surface area (Å²) in [6.07, 6.45) is 1.67. The lowest BCUT2D eigenvalue weighted by Crippen LogP contribution is -2.48. The Bertz CT molecular complexity index is 772. The molecule has 26 heavy (non-hydrogen) atoms. The molecule has 1 aliphatic rings. The van der Waals surface area contributed by atoms with Gasteiger partial charge in [0.1, 0.15) is 17.3 Å². The highest BCUT2D eigenvalue weighted by Gasteiger charge is 2.17. The third kappa shape index (κ3) is 4.40. The zero-order chi connectivity index (χ0) is 18.4. The van der Waals surface area contributed by atoms with Crippen LogP contribution in [0.1, 0.15) is 10.5 Å². The third-order valence-electron chi connectivity index (χ3n) is 3.77. The van der Waals surface area contributed by atoms with E-state index in [1.165, 1.54) is 11.3 Å². The van der Waals surface area contributed by atoms with Crippen molar-refractivity contribution in [2.45, 2.75) is 0 Å². The van der Waals surface area contributed by atoms with E-state index < -0.39 is 0 Å². The second kappa shape index (κ2) is 8.79. The van der Waals surface area contributed by atoms with Crippen molar-refractivity contribution in [3.05, 3.63) is 41.9 Å². The molecule has 1 N–H and O–H groups in total. The van der Waals surface area contributed by atoms with Crippen LogP contribution in [0, 0.1) is 0 Å². The van der Waals surface area contributed by atoms with Crippen LogP contribution in [-0.2, 0) is 4.74 Å². The van der Waals surface area contributed by atoms with E-state index in [9.17, 15) is 4.79 Å². The minimum absolute atomic E-state index is 0.215. The van der Waals surface area contributed by atoms with Crippen LogP contribution in [0.3, 0.4) is 0 Å². The molecule has 138 valence electrons. The minimum atomic E-state index is -0.215. The fourth-order valence-corrected chi connectivity index (χ4v) is 3.25. The molecule has 1 aliphatic heterocycles. The Balaban J connectivity index is 1.72. The smallest absolute Gasteiger partial charge is 0.285 e. The van der Waals surface area contributed by atoms with Crippen LogP contribution in [0.15, 0.2) is 36.2 Å². The number of carbonyl (C=O) groups is 1. The SMILES string of the molecule is C=CCOc1ccc(-c2nc(C(=O)NN3CCOCC3)cs2)cc1OC. The highest BCUT2D eigenvalue weighted by atomic mass is 32.1. The van der Waals surface area contributed by atoms with E-state index in [-0.39, 0.29) is 5.91 Å². The average molecular weight is 375 g/mol. The van der Waals surface area contributed by atoms with Crippen molar-refractivity contribution in [3.63, 3.8) is 0 Å². The van der Waals surface area contributed by atoms with Crippen LogP contribution in [0.2, 0.25) is 0 Å². The van der Waals surface area contributed by atoms with Crippen molar-refractivity contribution in [1.82, 2.24) is 15.4 Å². The summed E-state index contributed by atoms with van der Waals surface area (Å²) >= 11 is 1.41. The zero-order valence-corrected chi connectivity index (χ0v) is 15.4. The maximum Gasteiger partial charge on any atom is 0.285 e. The van der Waals surface area contributed by atoms with E-state index in [1.807, 2.05) is 23.2 Å². The van der Waals surface area contributed by atoms with Crippen LogP contribution in [0.5, 0.6) is 11.5 Å². The lowest BCUT2D eigenvalue weighted by molar-refractivity contribution is 0.0125. The molecule has 1 aromatic carbocycles. The van der Waals surface area contributed by atoms with Crippen molar-refractivity contribution in [2.24, 2.45) is 0 Å². The molecule has 3 rings (SSSR count). The molecule has 0 bridgehead atoms. The zero-order valence-electron chi connectivity index (χ0n) is 14.6. The molecule has 1 saturated heterocycles. The fraction of sp³-hybridized carbons (Fsp3) is 0.333. The first kappa shape index (κ1) is 18.4. The number of nitrogens with zero attached hydrogens (tertiary/aromatic N) is 2. The van der Waals surface area contributed by atoms with Gasteiger partial charge in [0.2, 0.25) is 0 Å². The van der Waals surface area contributed by atoms with Crippen molar-refractivity contribution in [2.75, 3.05) is 40.0 Å². The first-order chi connectivity index (χ1) is 12.7. The van der Waals surface area contributed by atoms with Gasteiger partial charge in [-0.3, -0.25) is 10.2 Å². The number of hydrogen-bond donors (Lipinski definition) is 1. The van der Waals surface area contributed by atoms with Gasteiger partial charge in [-0.1, -0.05) is 12.7 Å². The number of amides is 1. The number of morpholine rings is 1.